The third-order valence-electron chi connectivity index (χ3n) is 2.47. The molecule has 0 aromatic rings. The van der Waals surface area contributed by atoms with Gasteiger partial charge in [0.05, 0.1) is 6.04 Å². The SMILES string of the molecule is CCCCC(N)C(=O)C(C)CCOC. The van der Waals surface area contributed by atoms with Crippen molar-refractivity contribution in [2.24, 2.45) is 11.7 Å². The minimum atomic E-state index is -0.276. The lowest BCUT2D eigenvalue weighted by molar-refractivity contribution is -0.124. The predicted molar refractivity (Wildman–Crippen MR) is 58.2 cm³/mol. The molecule has 0 fully saturated rings. The molecule has 3 nitrogen and oxygen atoms in total. The van der Waals surface area contributed by atoms with Gasteiger partial charge in [-0.15, -0.1) is 0 Å². The molecule has 2 atom stereocenters. The van der Waals surface area contributed by atoms with Gasteiger partial charge >= 0.3 is 0 Å². The van der Waals surface area contributed by atoms with E-state index in [4.69, 9.17) is 10.5 Å². The van der Waals surface area contributed by atoms with Crippen LogP contribution in [0.25, 0.3) is 0 Å². The zero-order chi connectivity index (χ0) is 11.0. The van der Waals surface area contributed by atoms with E-state index in [0.717, 1.165) is 25.7 Å². The Morgan fingerprint density at radius 1 is 1.43 bits per heavy atom. The van der Waals surface area contributed by atoms with Crippen LogP contribution < -0.4 is 5.73 Å². The summed E-state index contributed by atoms with van der Waals surface area (Å²) in [5, 5.41) is 0. The van der Waals surface area contributed by atoms with Gasteiger partial charge in [-0.25, -0.2) is 0 Å². The average Bonchev–Trinajstić information content (AvgIpc) is 2.21. The largest absolute Gasteiger partial charge is 0.385 e. The Kier molecular flexibility index (Phi) is 7.71. The Morgan fingerprint density at radius 3 is 2.57 bits per heavy atom. The van der Waals surface area contributed by atoms with Gasteiger partial charge in [-0.05, 0) is 12.8 Å². The van der Waals surface area contributed by atoms with Crippen molar-refractivity contribution in [3.05, 3.63) is 0 Å². The Labute approximate surface area is 87.0 Å². The average molecular weight is 201 g/mol. The molecule has 0 radical (unpaired) electrons. The van der Waals surface area contributed by atoms with E-state index in [-0.39, 0.29) is 17.7 Å². The molecule has 2 N–H and O–H groups in total. The van der Waals surface area contributed by atoms with E-state index in [1.54, 1.807) is 7.11 Å². The molecule has 3 heteroatoms. The summed E-state index contributed by atoms with van der Waals surface area (Å²) in [5.41, 5.74) is 5.79. The van der Waals surface area contributed by atoms with E-state index < -0.39 is 0 Å². The number of ketones is 1. The van der Waals surface area contributed by atoms with Crippen LogP contribution in [0.15, 0.2) is 0 Å². The summed E-state index contributed by atoms with van der Waals surface area (Å²) in [7, 11) is 1.65. The molecule has 84 valence electrons. The van der Waals surface area contributed by atoms with Crippen LogP contribution in [0.2, 0.25) is 0 Å². The van der Waals surface area contributed by atoms with E-state index in [2.05, 4.69) is 6.92 Å². The summed E-state index contributed by atoms with van der Waals surface area (Å²) in [6.07, 6.45) is 3.71. The number of carbonyl (C=O) groups excluding carboxylic acids is 1. The lowest BCUT2D eigenvalue weighted by atomic mass is 9.94. The van der Waals surface area contributed by atoms with Gasteiger partial charge in [0, 0.05) is 19.6 Å². The fourth-order valence-electron chi connectivity index (χ4n) is 1.37. The number of unbranched alkanes of at least 4 members (excludes halogenated alkanes) is 1. The lowest BCUT2D eigenvalue weighted by Gasteiger charge is -2.15. The van der Waals surface area contributed by atoms with Crippen LogP contribution in [0.1, 0.15) is 39.5 Å². The van der Waals surface area contributed by atoms with Crippen LogP contribution in [-0.4, -0.2) is 25.5 Å². The van der Waals surface area contributed by atoms with Gasteiger partial charge in [-0.2, -0.15) is 0 Å². The summed E-state index contributed by atoms with van der Waals surface area (Å²) in [4.78, 5) is 11.7. The first kappa shape index (κ1) is 13.6. The molecule has 14 heavy (non-hydrogen) atoms. The van der Waals surface area contributed by atoms with Crippen LogP contribution in [0, 0.1) is 5.92 Å². The van der Waals surface area contributed by atoms with Gasteiger partial charge in [0.1, 0.15) is 0 Å². The standard InChI is InChI=1S/C11H23NO2/c1-4-5-6-10(12)11(13)9(2)7-8-14-3/h9-10H,4-8,12H2,1-3H3. The number of ether oxygens (including phenoxy) is 1. The van der Waals surface area contributed by atoms with Crippen molar-refractivity contribution in [1.82, 2.24) is 0 Å². The van der Waals surface area contributed by atoms with Crippen molar-refractivity contribution in [1.29, 1.82) is 0 Å². The number of Topliss-reactive ketones (excluding diaryl/α,β-unsaturated/α-hetero) is 1. The minimum Gasteiger partial charge on any atom is -0.385 e. The normalized spacial score (nSPS) is 15.1. The number of rotatable bonds is 8. The molecule has 0 amide bonds. The molecule has 0 spiro atoms. The summed E-state index contributed by atoms with van der Waals surface area (Å²) >= 11 is 0. The molecule has 0 aliphatic heterocycles. The second kappa shape index (κ2) is 7.94. The van der Waals surface area contributed by atoms with Crippen LogP contribution in [0.3, 0.4) is 0 Å². The van der Waals surface area contributed by atoms with Crippen molar-refractivity contribution in [3.63, 3.8) is 0 Å². The fraction of sp³-hybridized carbons (Fsp3) is 0.909. The number of hydrogen-bond acceptors (Lipinski definition) is 3. The zero-order valence-corrected chi connectivity index (χ0v) is 9.58. The Hall–Kier alpha value is -0.410. The molecule has 2 unspecified atom stereocenters. The van der Waals surface area contributed by atoms with Crippen LogP contribution in [0.5, 0.6) is 0 Å². The molecule has 0 aromatic heterocycles. The molecule has 0 aliphatic carbocycles. The Morgan fingerprint density at radius 2 is 2.07 bits per heavy atom. The first-order chi connectivity index (χ1) is 6.63. The van der Waals surface area contributed by atoms with E-state index in [0.29, 0.717) is 6.61 Å². The first-order valence-electron chi connectivity index (χ1n) is 5.41. The molecule has 0 rings (SSSR count). The summed E-state index contributed by atoms with van der Waals surface area (Å²) < 4.78 is 4.93. The Balaban J connectivity index is 3.78. The lowest BCUT2D eigenvalue weighted by Crippen LogP contribution is -2.34. The fourth-order valence-corrected chi connectivity index (χ4v) is 1.37. The number of hydrogen-bond donors (Lipinski definition) is 1. The predicted octanol–water partition coefficient (Wildman–Crippen LogP) is 1.75. The van der Waals surface area contributed by atoms with Crippen molar-refractivity contribution in [3.8, 4) is 0 Å². The third kappa shape index (κ3) is 5.35. The zero-order valence-electron chi connectivity index (χ0n) is 9.58. The Bertz CT molecular complexity index is 143. The van der Waals surface area contributed by atoms with Crippen molar-refractivity contribution in [2.75, 3.05) is 13.7 Å². The van der Waals surface area contributed by atoms with E-state index in [9.17, 15) is 4.79 Å². The topological polar surface area (TPSA) is 52.3 Å². The maximum atomic E-state index is 11.7. The summed E-state index contributed by atoms with van der Waals surface area (Å²) in [5.74, 6) is 0.206. The highest BCUT2D eigenvalue weighted by Crippen LogP contribution is 2.09. The molecule has 0 saturated heterocycles. The van der Waals surface area contributed by atoms with Gasteiger partial charge in [0.2, 0.25) is 0 Å². The summed E-state index contributed by atoms with van der Waals surface area (Å²) in [6.45, 7) is 4.66. The highest BCUT2D eigenvalue weighted by Gasteiger charge is 2.19. The number of nitrogens with two attached hydrogens (primary N) is 1. The highest BCUT2D eigenvalue weighted by atomic mass is 16.5. The van der Waals surface area contributed by atoms with Crippen molar-refractivity contribution in [2.45, 2.75) is 45.6 Å². The maximum Gasteiger partial charge on any atom is 0.152 e. The maximum absolute atomic E-state index is 11.7. The molecule has 0 heterocycles. The smallest absolute Gasteiger partial charge is 0.152 e. The molecular formula is C11H23NO2. The molecule has 0 bridgehead atoms. The van der Waals surface area contributed by atoms with Crippen LogP contribution in [-0.2, 0) is 9.53 Å². The van der Waals surface area contributed by atoms with E-state index in [1.807, 2.05) is 6.92 Å². The van der Waals surface area contributed by atoms with Gasteiger partial charge in [0.15, 0.2) is 5.78 Å². The number of methoxy groups -OCH3 is 1. The minimum absolute atomic E-state index is 0.0295. The molecule has 0 aliphatic rings. The number of carbonyl (C=O) groups is 1. The summed E-state index contributed by atoms with van der Waals surface area (Å²) in [6, 6.07) is -0.276. The van der Waals surface area contributed by atoms with Gasteiger partial charge in [-0.3, -0.25) is 4.79 Å². The second-order valence-electron chi connectivity index (χ2n) is 3.83. The molecule has 0 saturated carbocycles. The van der Waals surface area contributed by atoms with Crippen molar-refractivity contribution < 1.29 is 9.53 Å². The third-order valence-corrected chi connectivity index (χ3v) is 2.47. The quantitative estimate of drug-likeness (QED) is 0.651. The first-order valence-corrected chi connectivity index (χ1v) is 5.41. The van der Waals surface area contributed by atoms with Crippen molar-refractivity contribution >= 4 is 5.78 Å². The van der Waals surface area contributed by atoms with Crippen LogP contribution >= 0.6 is 0 Å². The van der Waals surface area contributed by atoms with E-state index in [1.165, 1.54) is 0 Å². The highest BCUT2D eigenvalue weighted by molar-refractivity contribution is 5.85. The molecule has 0 aromatic carbocycles. The van der Waals surface area contributed by atoms with Gasteiger partial charge in [0.25, 0.3) is 0 Å². The monoisotopic (exact) mass is 201 g/mol. The molecular weight excluding hydrogens is 178 g/mol. The van der Waals surface area contributed by atoms with E-state index >= 15 is 0 Å². The van der Waals surface area contributed by atoms with Gasteiger partial charge < -0.3 is 10.5 Å². The van der Waals surface area contributed by atoms with Crippen LogP contribution in [0.4, 0.5) is 0 Å². The second-order valence-corrected chi connectivity index (χ2v) is 3.83. The van der Waals surface area contributed by atoms with Gasteiger partial charge in [-0.1, -0.05) is 26.7 Å².